The first-order valence-electron chi connectivity index (χ1n) is 13.6. The van der Waals surface area contributed by atoms with Crippen molar-refractivity contribution in [2.45, 2.75) is 25.3 Å². The number of fused-ring (bicyclic) bond motifs is 1. The molecule has 2 aromatic carbocycles. The molecule has 0 spiro atoms. The van der Waals surface area contributed by atoms with Crippen molar-refractivity contribution in [2.75, 3.05) is 13.1 Å². The molecule has 10 heteroatoms. The molecule has 7 rings (SSSR count). The second-order valence-corrected chi connectivity index (χ2v) is 11.1. The second-order valence-electron chi connectivity index (χ2n) is 10.1. The zero-order valence-electron chi connectivity index (χ0n) is 22.2. The van der Waals surface area contributed by atoms with E-state index in [1.807, 2.05) is 59.1 Å². The van der Waals surface area contributed by atoms with Crippen molar-refractivity contribution >= 4 is 22.3 Å². The van der Waals surface area contributed by atoms with Crippen LogP contribution in [0, 0.1) is 0 Å². The van der Waals surface area contributed by atoms with Gasteiger partial charge in [-0.15, -0.1) is 10.2 Å². The van der Waals surface area contributed by atoms with Crippen LogP contribution in [0.25, 0.3) is 27.6 Å². The number of benzene rings is 2. The van der Waals surface area contributed by atoms with Crippen molar-refractivity contribution in [2.24, 2.45) is 0 Å². The summed E-state index contributed by atoms with van der Waals surface area (Å²) < 4.78 is 7.85. The number of likely N-dealkylation sites (tertiary alicyclic amines) is 1. The molecule has 0 unspecified atom stereocenters. The first kappa shape index (κ1) is 25.3. The van der Waals surface area contributed by atoms with Crippen molar-refractivity contribution in [1.82, 2.24) is 34.4 Å². The van der Waals surface area contributed by atoms with Crippen LogP contribution < -0.4 is 4.74 Å². The number of hydrogen-bond acceptors (Lipinski definition) is 8. The van der Waals surface area contributed by atoms with Crippen molar-refractivity contribution in [3.8, 4) is 28.4 Å². The van der Waals surface area contributed by atoms with E-state index in [1.54, 1.807) is 18.6 Å². The van der Waals surface area contributed by atoms with Crippen LogP contribution in [0.5, 0.6) is 5.75 Å². The number of rotatable bonds is 7. The normalized spacial score (nSPS) is 14.4. The predicted octanol–water partition coefficient (Wildman–Crippen LogP) is 5.84. The second kappa shape index (κ2) is 11.1. The molecule has 1 aliphatic heterocycles. The van der Waals surface area contributed by atoms with E-state index in [0.717, 1.165) is 65.6 Å². The van der Waals surface area contributed by atoms with Crippen molar-refractivity contribution in [3.05, 3.63) is 108 Å². The Hall–Kier alpha value is -4.67. The lowest BCUT2D eigenvalue weighted by molar-refractivity contribution is 0.0740. The fraction of sp³-hybridized carbons (Fsp3) is 0.194. The topological polar surface area (TPSA) is 101 Å². The molecule has 1 fully saturated rings. The Kier molecular flexibility index (Phi) is 6.83. The highest BCUT2D eigenvalue weighted by Crippen LogP contribution is 2.36. The molecule has 41 heavy (non-hydrogen) atoms. The van der Waals surface area contributed by atoms with Gasteiger partial charge in [0.1, 0.15) is 22.1 Å². The zero-order chi connectivity index (χ0) is 27.6. The van der Waals surface area contributed by atoms with Crippen LogP contribution in [-0.4, -0.2) is 53.5 Å². The molecule has 0 saturated carbocycles. The summed E-state index contributed by atoms with van der Waals surface area (Å²) in [5, 5.41) is 8.77. The number of pyridine rings is 1. The minimum Gasteiger partial charge on any atom is -0.422 e. The van der Waals surface area contributed by atoms with Gasteiger partial charge in [0, 0.05) is 42.8 Å². The number of esters is 1. The van der Waals surface area contributed by atoms with Gasteiger partial charge in [-0.1, -0.05) is 59.9 Å². The number of piperidine rings is 1. The average molecular weight is 562 g/mol. The summed E-state index contributed by atoms with van der Waals surface area (Å²) in [5.41, 5.74) is 3.88. The predicted molar refractivity (Wildman–Crippen MR) is 157 cm³/mol. The molecule has 1 saturated heterocycles. The van der Waals surface area contributed by atoms with Crippen LogP contribution in [0.1, 0.15) is 39.8 Å². The lowest BCUT2D eigenvalue weighted by Crippen LogP contribution is -2.33. The molecule has 204 valence electrons. The van der Waals surface area contributed by atoms with Gasteiger partial charge in [0.15, 0.2) is 10.8 Å². The van der Waals surface area contributed by atoms with E-state index < -0.39 is 0 Å². The maximum atomic E-state index is 13.1. The fourth-order valence-corrected chi connectivity index (χ4v) is 6.20. The summed E-state index contributed by atoms with van der Waals surface area (Å²) in [7, 11) is 0. The molecular formula is C31H27N7O2S. The zero-order valence-corrected chi connectivity index (χ0v) is 23.0. The van der Waals surface area contributed by atoms with Gasteiger partial charge in [-0.3, -0.25) is 14.3 Å². The largest absolute Gasteiger partial charge is 0.422 e. The molecule has 1 N–H and O–H groups in total. The van der Waals surface area contributed by atoms with Gasteiger partial charge >= 0.3 is 5.97 Å². The van der Waals surface area contributed by atoms with Crippen LogP contribution in [0.2, 0.25) is 0 Å². The number of thiazole rings is 1. The third kappa shape index (κ3) is 5.27. The number of aromatic amines is 1. The van der Waals surface area contributed by atoms with E-state index in [9.17, 15) is 4.79 Å². The van der Waals surface area contributed by atoms with E-state index in [-0.39, 0.29) is 5.97 Å². The van der Waals surface area contributed by atoms with Crippen LogP contribution >= 0.6 is 11.3 Å². The molecule has 0 aliphatic carbocycles. The van der Waals surface area contributed by atoms with Crippen LogP contribution in [0.3, 0.4) is 0 Å². The van der Waals surface area contributed by atoms with Crippen LogP contribution in [-0.2, 0) is 6.54 Å². The van der Waals surface area contributed by atoms with Crippen molar-refractivity contribution in [3.63, 3.8) is 0 Å². The Labute approximate surface area is 240 Å². The maximum Gasteiger partial charge on any atom is 0.355 e. The Morgan fingerprint density at radius 1 is 0.951 bits per heavy atom. The van der Waals surface area contributed by atoms with Crippen LogP contribution in [0.15, 0.2) is 91.5 Å². The summed E-state index contributed by atoms with van der Waals surface area (Å²) in [6, 6.07) is 21.9. The highest BCUT2D eigenvalue weighted by Gasteiger charge is 2.25. The van der Waals surface area contributed by atoms with E-state index >= 15 is 0 Å². The maximum absolute atomic E-state index is 13.1. The molecular weight excluding hydrogens is 534 g/mol. The first-order valence-corrected chi connectivity index (χ1v) is 14.4. The number of imidazole rings is 1. The van der Waals surface area contributed by atoms with Crippen molar-refractivity contribution in [1.29, 1.82) is 0 Å². The Bertz CT molecular complexity index is 1760. The average Bonchev–Trinajstić information content (AvgIpc) is 3.76. The van der Waals surface area contributed by atoms with Gasteiger partial charge in [-0.05, 0) is 55.3 Å². The highest BCUT2D eigenvalue weighted by molar-refractivity contribution is 7.18. The number of aromatic nitrogens is 6. The van der Waals surface area contributed by atoms with Gasteiger partial charge < -0.3 is 9.72 Å². The molecule has 4 aromatic heterocycles. The van der Waals surface area contributed by atoms with Gasteiger partial charge in [0.2, 0.25) is 0 Å². The quantitative estimate of drug-likeness (QED) is 0.193. The number of carbonyl (C=O) groups excluding carboxylic acids is 1. The SMILES string of the molecule is O=C(Oc1cccc(CN2CCC(c3nnc(-c4ccccn4)[nH]3)CC2)c1-c1ccccc1)c1cn2ccnc2s1. The van der Waals surface area contributed by atoms with E-state index in [1.165, 1.54) is 11.3 Å². The smallest absolute Gasteiger partial charge is 0.355 e. The number of nitrogens with one attached hydrogen (secondary N) is 1. The number of nitrogens with zero attached hydrogens (tertiary/aromatic N) is 6. The summed E-state index contributed by atoms with van der Waals surface area (Å²) in [6.45, 7) is 2.61. The summed E-state index contributed by atoms with van der Waals surface area (Å²) in [6.07, 6.45) is 9.02. The van der Waals surface area contributed by atoms with E-state index in [0.29, 0.717) is 22.4 Å². The summed E-state index contributed by atoms with van der Waals surface area (Å²) in [5.74, 6) is 2.13. The van der Waals surface area contributed by atoms with Crippen molar-refractivity contribution < 1.29 is 9.53 Å². The number of H-pyrrole nitrogens is 1. The van der Waals surface area contributed by atoms with Gasteiger partial charge in [-0.25, -0.2) is 9.78 Å². The highest BCUT2D eigenvalue weighted by atomic mass is 32.1. The molecule has 0 atom stereocenters. The molecule has 1 aliphatic rings. The molecule has 6 aromatic rings. The molecule has 0 bridgehead atoms. The Morgan fingerprint density at radius 2 is 1.80 bits per heavy atom. The molecule has 0 radical (unpaired) electrons. The minimum atomic E-state index is -0.382. The number of ether oxygens (including phenoxy) is 1. The number of carbonyl (C=O) groups is 1. The lowest BCUT2D eigenvalue weighted by Gasteiger charge is -2.31. The molecule has 5 heterocycles. The van der Waals surface area contributed by atoms with E-state index in [2.05, 4.69) is 48.2 Å². The third-order valence-corrected chi connectivity index (χ3v) is 8.44. The number of hydrogen-bond donors (Lipinski definition) is 1. The summed E-state index contributed by atoms with van der Waals surface area (Å²) >= 11 is 1.32. The van der Waals surface area contributed by atoms with Gasteiger partial charge in [0.25, 0.3) is 0 Å². The minimum absolute atomic E-state index is 0.323. The van der Waals surface area contributed by atoms with Gasteiger partial charge in [-0.2, -0.15) is 0 Å². The molecule has 9 nitrogen and oxygen atoms in total. The monoisotopic (exact) mass is 561 g/mol. The lowest BCUT2D eigenvalue weighted by atomic mass is 9.94. The Morgan fingerprint density at radius 3 is 2.61 bits per heavy atom. The summed E-state index contributed by atoms with van der Waals surface area (Å²) in [4.78, 5) is 28.9. The first-order chi connectivity index (χ1) is 20.2. The third-order valence-electron chi connectivity index (χ3n) is 7.45. The standard InChI is InChI=1S/C31H27N7O2S/c39-30(26-20-38-18-15-33-31(38)41-26)40-25-11-6-9-23(27(25)21-7-2-1-3-8-21)19-37-16-12-22(13-17-37)28-34-29(36-35-28)24-10-4-5-14-32-24/h1-11,14-15,18,20,22H,12-13,16-17,19H2,(H,34,35,36). The Balaban J connectivity index is 1.09. The fourth-order valence-electron chi connectivity index (χ4n) is 5.38. The van der Waals surface area contributed by atoms with Gasteiger partial charge in [0.05, 0.1) is 0 Å². The van der Waals surface area contributed by atoms with E-state index in [4.69, 9.17) is 4.74 Å². The van der Waals surface area contributed by atoms with Crippen LogP contribution in [0.4, 0.5) is 0 Å². The molecule has 0 amide bonds.